The van der Waals surface area contributed by atoms with Crippen LogP contribution in [0.4, 0.5) is 8.78 Å². The van der Waals surface area contributed by atoms with Crippen LogP contribution in [0.2, 0.25) is 0 Å². The summed E-state index contributed by atoms with van der Waals surface area (Å²) in [6, 6.07) is 2.40. The number of benzene rings is 1. The molecule has 17 heavy (non-hydrogen) atoms. The van der Waals surface area contributed by atoms with E-state index in [-0.39, 0.29) is 12.5 Å². The summed E-state index contributed by atoms with van der Waals surface area (Å²) in [6.45, 7) is 3.64. The maximum absolute atomic E-state index is 12.9. The number of hydrogen-bond donors (Lipinski definition) is 2. The highest BCUT2D eigenvalue weighted by Gasteiger charge is 2.20. The SMILES string of the molecule is CC(C)C(NCc1cc(F)cc(F)c1)C(=O)O. The lowest BCUT2D eigenvalue weighted by Crippen LogP contribution is -2.40. The van der Waals surface area contributed by atoms with E-state index in [2.05, 4.69) is 5.32 Å². The first kappa shape index (κ1) is 13.6. The van der Waals surface area contributed by atoms with Crippen molar-refractivity contribution in [3.8, 4) is 0 Å². The van der Waals surface area contributed by atoms with Crippen molar-refractivity contribution in [2.24, 2.45) is 5.92 Å². The molecule has 1 rings (SSSR count). The molecule has 0 aliphatic rings. The molecule has 0 aliphatic heterocycles. The molecule has 0 bridgehead atoms. The van der Waals surface area contributed by atoms with Crippen molar-refractivity contribution in [3.05, 3.63) is 35.4 Å². The van der Waals surface area contributed by atoms with Gasteiger partial charge in [-0.3, -0.25) is 4.79 Å². The first-order chi connectivity index (χ1) is 7.90. The molecule has 0 aromatic heterocycles. The monoisotopic (exact) mass is 243 g/mol. The molecular formula is C12H15F2NO2. The van der Waals surface area contributed by atoms with E-state index in [0.29, 0.717) is 5.56 Å². The maximum atomic E-state index is 12.9. The van der Waals surface area contributed by atoms with Crippen LogP contribution >= 0.6 is 0 Å². The summed E-state index contributed by atoms with van der Waals surface area (Å²) in [6.07, 6.45) is 0. The molecule has 1 aromatic rings. The molecule has 2 N–H and O–H groups in total. The van der Waals surface area contributed by atoms with Gasteiger partial charge in [-0.15, -0.1) is 0 Å². The van der Waals surface area contributed by atoms with Gasteiger partial charge in [0.25, 0.3) is 0 Å². The molecule has 3 nitrogen and oxygen atoms in total. The minimum absolute atomic E-state index is 0.106. The number of halogens is 2. The van der Waals surface area contributed by atoms with E-state index < -0.39 is 23.6 Å². The molecule has 0 amide bonds. The summed E-state index contributed by atoms with van der Waals surface area (Å²) < 4.78 is 25.8. The van der Waals surface area contributed by atoms with E-state index >= 15 is 0 Å². The molecule has 1 aromatic carbocycles. The standard InChI is InChI=1S/C12H15F2NO2/c1-7(2)11(12(16)17)15-6-8-3-9(13)5-10(14)4-8/h3-5,7,11,15H,6H2,1-2H3,(H,16,17). The molecule has 0 saturated heterocycles. The lowest BCUT2D eigenvalue weighted by atomic mass is 10.0. The second-order valence-corrected chi connectivity index (χ2v) is 4.22. The van der Waals surface area contributed by atoms with E-state index in [1.807, 2.05) is 0 Å². The average Bonchev–Trinajstić information content (AvgIpc) is 2.14. The van der Waals surface area contributed by atoms with Crippen molar-refractivity contribution in [2.45, 2.75) is 26.4 Å². The van der Waals surface area contributed by atoms with E-state index in [9.17, 15) is 13.6 Å². The molecule has 0 aliphatic carbocycles. The average molecular weight is 243 g/mol. The van der Waals surface area contributed by atoms with Gasteiger partial charge in [-0.05, 0) is 23.6 Å². The zero-order valence-electron chi connectivity index (χ0n) is 9.71. The topological polar surface area (TPSA) is 49.3 Å². The highest BCUT2D eigenvalue weighted by molar-refractivity contribution is 5.73. The van der Waals surface area contributed by atoms with E-state index in [1.54, 1.807) is 13.8 Å². The van der Waals surface area contributed by atoms with Crippen molar-refractivity contribution in [2.75, 3.05) is 0 Å². The Morgan fingerprint density at radius 2 is 1.82 bits per heavy atom. The molecule has 0 radical (unpaired) electrons. The number of carboxylic acids is 1. The first-order valence-electron chi connectivity index (χ1n) is 5.31. The zero-order chi connectivity index (χ0) is 13.0. The van der Waals surface area contributed by atoms with Crippen LogP contribution in [0.5, 0.6) is 0 Å². The normalized spacial score (nSPS) is 12.8. The Bertz CT molecular complexity index is 387. The van der Waals surface area contributed by atoms with Gasteiger partial charge in [-0.2, -0.15) is 0 Å². The Labute approximate surface area is 98.5 Å². The highest BCUT2D eigenvalue weighted by Crippen LogP contribution is 2.09. The smallest absolute Gasteiger partial charge is 0.320 e. The van der Waals surface area contributed by atoms with Crippen LogP contribution in [-0.2, 0) is 11.3 Å². The van der Waals surface area contributed by atoms with Gasteiger partial charge in [0.1, 0.15) is 17.7 Å². The van der Waals surface area contributed by atoms with Gasteiger partial charge in [0.05, 0.1) is 0 Å². The minimum Gasteiger partial charge on any atom is -0.480 e. The van der Waals surface area contributed by atoms with Crippen LogP contribution in [0.25, 0.3) is 0 Å². The summed E-state index contributed by atoms with van der Waals surface area (Å²) in [5.74, 6) is -2.42. The van der Waals surface area contributed by atoms with Gasteiger partial charge in [0, 0.05) is 12.6 Å². The minimum atomic E-state index is -0.975. The lowest BCUT2D eigenvalue weighted by molar-refractivity contribution is -0.140. The second-order valence-electron chi connectivity index (χ2n) is 4.22. The van der Waals surface area contributed by atoms with Crippen molar-refractivity contribution >= 4 is 5.97 Å². The third-order valence-electron chi connectivity index (χ3n) is 2.38. The summed E-state index contributed by atoms with van der Waals surface area (Å²) in [5.41, 5.74) is 0.384. The van der Waals surface area contributed by atoms with E-state index in [4.69, 9.17) is 5.11 Å². The summed E-state index contributed by atoms with van der Waals surface area (Å²) in [5, 5.41) is 11.7. The van der Waals surface area contributed by atoms with Crippen LogP contribution in [0.3, 0.4) is 0 Å². The Morgan fingerprint density at radius 1 is 1.29 bits per heavy atom. The van der Waals surface area contributed by atoms with Crippen LogP contribution in [0.15, 0.2) is 18.2 Å². The molecule has 0 fully saturated rings. The highest BCUT2D eigenvalue weighted by atomic mass is 19.1. The number of carboxylic acid groups (broad SMARTS) is 1. The summed E-state index contributed by atoms with van der Waals surface area (Å²) >= 11 is 0. The Kier molecular flexibility index (Phi) is 4.57. The van der Waals surface area contributed by atoms with Crippen LogP contribution in [-0.4, -0.2) is 17.1 Å². The largest absolute Gasteiger partial charge is 0.480 e. The molecule has 1 unspecified atom stereocenters. The Morgan fingerprint density at radius 3 is 2.24 bits per heavy atom. The maximum Gasteiger partial charge on any atom is 0.320 e. The second kappa shape index (κ2) is 5.72. The van der Waals surface area contributed by atoms with Crippen molar-refractivity contribution in [3.63, 3.8) is 0 Å². The summed E-state index contributed by atoms with van der Waals surface area (Å²) in [7, 11) is 0. The number of carbonyl (C=O) groups is 1. The number of aliphatic carboxylic acids is 1. The third kappa shape index (κ3) is 4.11. The molecule has 0 heterocycles. The number of rotatable bonds is 5. The van der Waals surface area contributed by atoms with E-state index in [0.717, 1.165) is 6.07 Å². The molecular weight excluding hydrogens is 228 g/mol. The Balaban J connectivity index is 2.68. The molecule has 1 atom stereocenters. The van der Waals surface area contributed by atoms with Crippen LogP contribution < -0.4 is 5.32 Å². The fourth-order valence-corrected chi connectivity index (χ4v) is 1.55. The van der Waals surface area contributed by atoms with Gasteiger partial charge >= 0.3 is 5.97 Å². The van der Waals surface area contributed by atoms with E-state index in [1.165, 1.54) is 12.1 Å². The number of nitrogens with one attached hydrogen (secondary N) is 1. The van der Waals surface area contributed by atoms with Crippen LogP contribution in [0, 0.1) is 17.6 Å². The molecule has 0 spiro atoms. The first-order valence-corrected chi connectivity index (χ1v) is 5.31. The predicted molar refractivity (Wildman–Crippen MR) is 59.5 cm³/mol. The van der Waals surface area contributed by atoms with Crippen molar-refractivity contribution in [1.82, 2.24) is 5.32 Å². The fourth-order valence-electron chi connectivity index (χ4n) is 1.55. The van der Waals surface area contributed by atoms with Gasteiger partial charge in [-0.1, -0.05) is 13.8 Å². The lowest BCUT2D eigenvalue weighted by Gasteiger charge is -2.17. The van der Waals surface area contributed by atoms with Gasteiger partial charge in [-0.25, -0.2) is 8.78 Å². The third-order valence-corrected chi connectivity index (χ3v) is 2.38. The summed E-state index contributed by atoms with van der Waals surface area (Å²) in [4.78, 5) is 10.9. The predicted octanol–water partition coefficient (Wildman–Crippen LogP) is 2.16. The Hall–Kier alpha value is -1.49. The molecule has 5 heteroatoms. The molecule has 94 valence electrons. The van der Waals surface area contributed by atoms with Gasteiger partial charge in [0.2, 0.25) is 0 Å². The number of hydrogen-bond acceptors (Lipinski definition) is 2. The van der Waals surface area contributed by atoms with Gasteiger partial charge in [0.15, 0.2) is 0 Å². The van der Waals surface area contributed by atoms with Crippen molar-refractivity contribution < 1.29 is 18.7 Å². The van der Waals surface area contributed by atoms with Gasteiger partial charge < -0.3 is 10.4 Å². The van der Waals surface area contributed by atoms with Crippen LogP contribution in [0.1, 0.15) is 19.4 Å². The zero-order valence-corrected chi connectivity index (χ0v) is 9.71. The quantitative estimate of drug-likeness (QED) is 0.833. The fraction of sp³-hybridized carbons (Fsp3) is 0.417. The van der Waals surface area contributed by atoms with Crippen molar-refractivity contribution in [1.29, 1.82) is 0 Å². The molecule has 0 saturated carbocycles.